The predicted octanol–water partition coefficient (Wildman–Crippen LogP) is -1.29. The highest BCUT2D eigenvalue weighted by Crippen LogP contribution is 1.94. The zero-order valence-corrected chi connectivity index (χ0v) is 12.2. The average Bonchev–Trinajstić information content (AvgIpc) is 2.47. The summed E-state index contributed by atoms with van der Waals surface area (Å²) in [6, 6.07) is 0. The van der Waals surface area contributed by atoms with Crippen molar-refractivity contribution in [1.29, 1.82) is 0 Å². The first kappa shape index (κ1) is 19.7. The summed E-state index contributed by atoms with van der Waals surface area (Å²) in [4.78, 5) is 2.19. The van der Waals surface area contributed by atoms with Crippen molar-refractivity contribution >= 4 is 0 Å². The summed E-state index contributed by atoms with van der Waals surface area (Å²) in [6.45, 7) is 5.35. The van der Waals surface area contributed by atoms with Crippen molar-refractivity contribution in [2.75, 3.05) is 79.1 Å². The highest BCUT2D eigenvalue weighted by molar-refractivity contribution is 4.57. The van der Waals surface area contributed by atoms with E-state index in [0.717, 1.165) is 26.1 Å². The fraction of sp³-hybridized carbons (Fsp3) is 1.00. The quantitative estimate of drug-likeness (QED) is 0.305. The third-order valence-corrected chi connectivity index (χ3v) is 2.57. The van der Waals surface area contributed by atoms with Gasteiger partial charge in [0.05, 0.1) is 52.9 Å². The lowest BCUT2D eigenvalue weighted by Crippen LogP contribution is -2.33. The molecule has 0 saturated carbocycles. The van der Waals surface area contributed by atoms with Crippen molar-refractivity contribution in [3.05, 3.63) is 0 Å². The molecule has 0 rings (SSSR count). The van der Waals surface area contributed by atoms with E-state index in [9.17, 15) is 0 Å². The molecule has 0 aliphatic rings. The van der Waals surface area contributed by atoms with Crippen LogP contribution in [-0.2, 0) is 14.2 Å². The maximum absolute atomic E-state index is 8.64. The van der Waals surface area contributed by atoms with Crippen LogP contribution in [0.2, 0.25) is 0 Å². The van der Waals surface area contributed by atoms with E-state index >= 15 is 0 Å². The first-order chi connectivity index (χ1) is 9.85. The van der Waals surface area contributed by atoms with Crippen molar-refractivity contribution in [1.82, 2.24) is 4.90 Å². The van der Waals surface area contributed by atoms with Crippen LogP contribution in [-0.4, -0.2) is 99.3 Å². The molecule has 0 aromatic rings. The molecule has 0 amide bonds. The monoisotopic (exact) mass is 295 g/mol. The second kappa shape index (κ2) is 16.8. The number of ether oxygens (including phenoxy) is 3. The van der Waals surface area contributed by atoms with E-state index in [2.05, 4.69) is 4.90 Å². The van der Waals surface area contributed by atoms with Crippen LogP contribution in [0.15, 0.2) is 0 Å². The van der Waals surface area contributed by atoms with Gasteiger partial charge in [0.15, 0.2) is 0 Å². The molecule has 0 aliphatic carbocycles. The van der Waals surface area contributed by atoms with Crippen LogP contribution < -0.4 is 0 Å². The Morgan fingerprint density at radius 3 is 1.45 bits per heavy atom. The highest BCUT2D eigenvalue weighted by atomic mass is 16.5. The molecule has 7 nitrogen and oxygen atoms in total. The third-order valence-electron chi connectivity index (χ3n) is 2.57. The third kappa shape index (κ3) is 14.1. The summed E-state index contributed by atoms with van der Waals surface area (Å²) in [7, 11) is 0. The van der Waals surface area contributed by atoms with Crippen LogP contribution in [0.1, 0.15) is 6.42 Å². The molecular weight excluding hydrogens is 266 g/mol. The summed E-state index contributed by atoms with van der Waals surface area (Å²) < 4.78 is 15.7. The zero-order valence-electron chi connectivity index (χ0n) is 12.2. The summed E-state index contributed by atoms with van der Waals surface area (Å²) in [5.74, 6) is 0. The maximum atomic E-state index is 8.64. The van der Waals surface area contributed by atoms with E-state index in [1.54, 1.807) is 0 Å². The normalized spacial score (nSPS) is 11.4. The number of hydrogen-bond acceptors (Lipinski definition) is 7. The van der Waals surface area contributed by atoms with Crippen LogP contribution >= 0.6 is 0 Å². The van der Waals surface area contributed by atoms with Crippen LogP contribution in [0.3, 0.4) is 0 Å². The molecule has 7 heteroatoms. The number of nitrogens with zero attached hydrogens (tertiary/aromatic N) is 1. The molecule has 0 aromatic heterocycles. The van der Waals surface area contributed by atoms with Crippen molar-refractivity contribution in [3.63, 3.8) is 0 Å². The summed E-state index contributed by atoms with van der Waals surface area (Å²) in [5.41, 5.74) is 0. The number of hydrogen-bond donors (Lipinski definition) is 3. The van der Waals surface area contributed by atoms with Gasteiger partial charge in [-0.15, -0.1) is 0 Å². The minimum absolute atomic E-state index is 0.0363. The Morgan fingerprint density at radius 1 is 0.550 bits per heavy atom. The molecule has 0 radical (unpaired) electrons. The molecule has 0 aliphatic heterocycles. The predicted molar refractivity (Wildman–Crippen MR) is 74.8 cm³/mol. The molecule has 0 atom stereocenters. The Balaban J connectivity index is 3.67. The molecule has 0 fully saturated rings. The van der Waals surface area contributed by atoms with Gasteiger partial charge in [-0.1, -0.05) is 0 Å². The molecular formula is C13H29NO6. The largest absolute Gasteiger partial charge is 0.394 e. The Labute approximate surface area is 121 Å². The van der Waals surface area contributed by atoms with Gasteiger partial charge in [-0.25, -0.2) is 0 Å². The first-order valence-corrected chi connectivity index (χ1v) is 7.13. The summed E-state index contributed by atoms with van der Waals surface area (Å²) in [5, 5.41) is 25.9. The molecule has 0 saturated heterocycles. The fourth-order valence-electron chi connectivity index (χ4n) is 1.61. The van der Waals surface area contributed by atoms with E-state index in [4.69, 9.17) is 29.5 Å². The standard InChI is InChI=1S/C13H29NO6/c15-5-11-18-8-1-2-14(3-9-19-12-6-16)4-10-20-13-7-17/h15-17H,1-13H2. The van der Waals surface area contributed by atoms with Gasteiger partial charge in [0.25, 0.3) is 0 Å². The van der Waals surface area contributed by atoms with Crippen LogP contribution in [0.25, 0.3) is 0 Å². The minimum atomic E-state index is 0.0363. The SMILES string of the molecule is OCCOCCCN(CCOCCO)CCOCCO. The fourth-order valence-corrected chi connectivity index (χ4v) is 1.61. The summed E-state index contributed by atoms with van der Waals surface area (Å²) in [6.07, 6.45) is 0.875. The van der Waals surface area contributed by atoms with Gasteiger partial charge >= 0.3 is 0 Å². The van der Waals surface area contributed by atoms with Crippen molar-refractivity contribution in [2.45, 2.75) is 6.42 Å². The molecule has 0 bridgehead atoms. The molecule has 0 unspecified atom stereocenters. The topological polar surface area (TPSA) is 91.6 Å². The Hall–Kier alpha value is -0.280. The van der Waals surface area contributed by atoms with Gasteiger partial charge in [-0.3, -0.25) is 4.90 Å². The zero-order chi connectivity index (χ0) is 14.9. The van der Waals surface area contributed by atoms with Crippen molar-refractivity contribution in [2.24, 2.45) is 0 Å². The number of aliphatic hydroxyl groups is 3. The first-order valence-electron chi connectivity index (χ1n) is 7.13. The van der Waals surface area contributed by atoms with E-state index in [1.807, 2.05) is 0 Å². The Morgan fingerprint density at radius 2 is 1.00 bits per heavy atom. The van der Waals surface area contributed by atoms with Gasteiger partial charge in [-0.2, -0.15) is 0 Å². The number of rotatable bonds is 16. The van der Waals surface area contributed by atoms with Crippen molar-refractivity contribution in [3.8, 4) is 0 Å². The average molecular weight is 295 g/mol. The maximum Gasteiger partial charge on any atom is 0.0698 e. The van der Waals surface area contributed by atoms with E-state index in [-0.39, 0.29) is 19.8 Å². The van der Waals surface area contributed by atoms with Gasteiger partial charge in [-0.05, 0) is 6.42 Å². The lowest BCUT2D eigenvalue weighted by atomic mass is 10.4. The molecule has 0 spiro atoms. The molecule has 0 heterocycles. The molecule has 0 aromatic carbocycles. The summed E-state index contributed by atoms with van der Waals surface area (Å²) >= 11 is 0. The van der Waals surface area contributed by atoms with Crippen LogP contribution in [0.4, 0.5) is 0 Å². The van der Waals surface area contributed by atoms with Gasteiger partial charge in [0.2, 0.25) is 0 Å². The van der Waals surface area contributed by atoms with E-state index in [0.29, 0.717) is 39.6 Å². The molecule has 3 N–H and O–H groups in total. The van der Waals surface area contributed by atoms with Crippen molar-refractivity contribution < 1.29 is 29.5 Å². The van der Waals surface area contributed by atoms with E-state index in [1.165, 1.54) is 0 Å². The molecule has 20 heavy (non-hydrogen) atoms. The van der Waals surface area contributed by atoms with Gasteiger partial charge < -0.3 is 29.5 Å². The van der Waals surface area contributed by atoms with Gasteiger partial charge in [0, 0.05) is 26.2 Å². The Bertz CT molecular complexity index is 172. The molecule has 122 valence electrons. The van der Waals surface area contributed by atoms with Gasteiger partial charge in [0.1, 0.15) is 0 Å². The van der Waals surface area contributed by atoms with Crippen LogP contribution in [0, 0.1) is 0 Å². The Kier molecular flexibility index (Phi) is 16.5. The van der Waals surface area contributed by atoms with E-state index < -0.39 is 0 Å². The smallest absolute Gasteiger partial charge is 0.0698 e. The second-order valence-electron chi connectivity index (χ2n) is 4.20. The second-order valence-corrected chi connectivity index (χ2v) is 4.20. The lowest BCUT2D eigenvalue weighted by molar-refractivity contribution is 0.0443. The van der Waals surface area contributed by atoms with Crippen LogP contribution in [0.5, 0.6) is 0 Å². The minimum Gasteiger partial charge on any atom is -0.394 e. The lowest BCUT2D eigenvalue weighted by Gasteiger charge is -2.22. The highest BCUT2D eigenvalue weighted by Gasteiger charge is 2.05. The number of aliphatic hydroxyl groups excluding tert-OH is 3.